The zero-order valence-corrected chi connectivity index (χ0v) is 16.6. The zero-order chi connectivity index (χ0) is 18.8. The molecule has 1 aliphatic rings. The van der Waals surface area contributed by atoms with E-state index in [2.05, 4.69) is 15.9 Å². The quantitative estimate of drug-likeness (QED) is 0.660. The molecule has 2 aromatic rings. The Morgan fingerprint density at radius 1 is 0.923 bits per heavy atom. The first-order valence-corrected chi connectivity index (χ1v) is 8.78. The molecule has 1 aliphatic heterocycles. The van der Waals surface area contributed by atoms with Gasteiger partial charge in [0, 0.05) is 12.1 Å². The molecule has 2 aromatic carbocycles. The summed E-state index contributed by atoms with van der Waals surface area (Å²) in [6.45, 7) is 0. The molecular formula is C19H20BrNO5. The van der Waals surface area contributed by atoms with Crippen LogP contribution >= 0.6 is 15.9 Å². The van der Waals surface area contributed by atoms with Crippen LogP contribution in [0.3, 0.4) is 0 Å². The van der Waals surface area contributed by atoms with Gasteiger partial charge >= 0.3 is 0 Å². The minimum absolute atomic E-state index is 0.0382. The Bertz CT molecular complexity index is 814. The third-order valence-corrected chi connectivity index (χ3v) is 5.06. The van der Waals surface area contributed by atoms with Crippen molar-refractivity contribution >= 4 is 27.5 Å². The number of anilines is 1. The van der Waals surface area contributed by atoms with Gasteiger partial charge in [-0.3, -0.25) is 4.79 Å². The number of ether oxygens (including phenoxy) is 4. The number of carbonyl (C=O) groups excluding carboxylic acids is 1. The summed E-state index contributed by atoms with van der Waals surface area (Å²) in [5.41, 5.74) is 1.72. The summed E-state index contributed by atoms with van der Waals surface area (Å²) in [4.78, 5) is 14.1. The predicted molar refractivity (Wildman–Crippen MR) is 102 cm³/mol. The van der Waals surface area contributed by atoms with Crippen molar-refractivity contribution < 1.29 is 23.7 Å². The lowest BCUT2D eigenvalue weighted by molar-refractivity contribution is -0.124. The lowest BCUT2D eigenvalue weighted by atomic mass is 9.93. The molecule has 6 nitrogen and oxygen atoms in total. The van der Waals surface area contributed by atoms with E-state index >= 15 is 0 Å². The fourth-order valence-electron chi connectivity index (χ4n) is 3.10. The van der Waals surface area contributed by atoms with Crippen LogP contribution in [0, 0.1) is 0 Å². The van der Waals surface area contributed by atoms with E-state index in [1.165, 1.54) is 0 Å². The van der Waals surface area contributed by atoms with E-state index in [1.807, 2.05) is 18.2 Å². The Morgan fingerprint density at radius 3 is 2.00 bits per heavy atom. The van der Waals surface area contributed by atoms with Crippen molar-refractivity contribution in [3.05, 3.63) is 40.4 Å². The molecule has 7 heteroatoms. The summed E-state index contributed by atoms with van der Waals surface area (Å²) in [7, 11) is 6.27. The van der Waals surface area contributed by atoms with E-state index in [1.54, 1.807) is 45.5 Å². The average Bonchev–Trinajstić information content (AvgIpc) is 2.64. The number of methoxy groups -OCH3 is 4. The van der Waals surface area contributed by atoms with Gasteiger partial charge in [-0.2, -0.15) is 0 Å². The predicted octanol–water partition coefficient (Wildman–Crippen LogP) is 3.96. The molecule has 0 aliphatic carbocycles. The van der Waals surface area contributed by atoms with Gasteiger partial charge < -0.3 is 23.8 Å². The molecule has 26 heavy (non-hydrogen) atoms. The van der Waals surface area contributed by atoms with Crippen LogP contribution in [0.25, 0.3) is 0 Å². The van der Waals surface area contributed by atoms with Crippen molar-refractivity contribution in [1.29, 1.82) is 0 Å². The Labute approximate surface area is 160 Å². The normalized spacial score (nSPS) is 16.1. The third-order valence-electron chi connectivity index (χ3n) is 4.44. The SMILES string of the molecule is COc1ccc([C@H]2CC(=O)N2c2cc(OC)c(OC)c(OC)c2)cc1Br. The summed E-state index contributed by atoms with van der Waals surface area (Å²) >= 11 is 3.50. The van der Waals surface area contributed by atoms with Crippen molar-refractivity contribution in [1.82, 2.24) is 0 Å². The van der Waals surface area contributed by atoms with Crippen LogP contribution in [0.15, 0.2) is 34.8 Å². The van der Waals surface area contributed by atoms with Crippen molar-refractivity contribution in [2.45, 2.75) is 12.5 Å². The van der Waals surface area contributed by atoms with Crippen LogP contribution in [-0.4, -0.2) is 34.3 Å². The van der Waals surface area contributed by atoms with Crippen molar-refractivity contribution in [3.8, 4) is 23.0 Å². The number of rotatable bonds is 6. The molecule has 0 saturated carbocycles. The second-order valence-corrected chi connectivity index (χ2v) is 6.62. The first kappa shape index (κ1) is 18.4. The fourth-order valence-corrected chi connectivity index (χ4v) is 3.66. The van der Waals surface area contributed by atoms with Gasteiger partial charge in [-0.1, -0.05) is 6.07 Å². The van der Waals surface area contributed by atoms with Crippen molar-refractivity contribution in [2.75, 3.05) is 33.3 Å². The van der Waals surface area contributed by atoms with Gasteiger partial charge in [-0.25, -0.2) is 0 Å². The first-order chi connectivity index (χ1) is 12.5. The van der Waals surface area contributed by atoms with E-state index in [0.29, 0.717) is 29.4 Å². The lowest BCUT2D eigenvalue weighted by Gasteiger charge is -2.41. The fraction of sp³-hybridized carbons (Fsp3) is 0.316. The second-order valence-electron chi connectivity index (χ2n) is 5.76. The van der Waals surface area contributed by atoms with Crippen molar-refractivity contribution in [3.63, 3.8) is 0 Å². The Morgan fingerprint density at radius 2 is 1.54 bits per heavy atom. The molecule has 3 rings (SSSR count). The highest BCUT2D eigenvalue weighted by Gasteiger charge is 2.39. The molecule has 1 saturated heterocycles. The number of carbonyl (C=O) groups is 1. The molecule has 0 unspecified atom stereocenters. The topological polar surface area (TPSA) is 57.2 Å². The molecular weight excluding hydrogens is 402 g/mol. The first-order valence-electron chi connectivity index (χ1n) is 7.99. The van der Waals surface area contributed by atoms with E-state index in [0.717, 1.165) is 15.8 Å². The van der Waals surface area contributed by atoms with Crippen LogP contribution in [-0.2, 0) is 4.79 Å². The van der Waals surface area contributed by atoms with Gasteiger partial charge in [0.25, 0.3) is 0 Å². The number of β-lactam (4-membered cyclic amide) rings is 1. The summed E-state index contributed by atoms with van der Waals surface area (Å²) in [6.07, 6.45) is 0.440. The van der Waals surface area contributed by atoms with Gasteiger partial charge in [0.2, 0.25) is 11.7 Å². The Kier molecular flexibility index (Phi) is 5.27. The van der Waals surface area contributed by atoms with Gasteiger partial charge in [-0.05, 0) is 33.6 Å². The third kappa shape index (κ3) is 3.07. The zero-order valence-electron chi connectivity index (χ0n) is 15.0. The Hall–Kier alpha value is -2.41. The van der Waals surface area contributed by atoms with Crippen LogP contribution in [0.1, 0.15) is 18.0 Å². The number of amides is 1. The summed E-state index contributed by atoms with van der Waals surface area (Å²) in [5.74, 6) is 2.30. The second kappa shape index (κ2) is 7.45. The van der Waals surface area contributed by atoms with Crippen LogP contribution < -0.4 is 23.8 Å². The molecule has 0 bridgehead atoms. The highest BCUT2D eigenvalue weighted by Crippen LogP contribution is 2.46. The Balaban J connectivity index is 2.00. The van der Waals surface area contributed by atoms with Gasteiger partial charge in [0.05, 0.1) is 51.1 Å². The number of hydrogen-bond acceptors (Lipinski definition) is 5. The van der Waals surface area contributed by atoms with Gasteiger partial charge in [0.15, 0.2) is 11.5 Å². The molecule has 1 fully saturated rings. The van der Waals surface area contributed by atoms with E-state index in [-0.39, 0.29) is 11.9 Å². The van der Waals surface area contributed by atoms with E-state index in [4.69, 9.17) is 18.9 Å². The lowest BCUT2D eigenvalue weighted by Crippen LogP contribution is -2.46. The van der Waals surface area contributed by atoms with E-state index in [9.17, 15) is 4.79 Å². The monoisotopic (exact) mass is 421 g/mol. The van der Waals surface area contributed by atoms with Crippen LogP contribution in [0.4, 0.5) is 5.69 Å². The molecule has 138 valence electrons. The van der Waals surface area contributed by atoms with Crippen LogP contribution in [0.5, 0.6) is 23.0 Å². The minimum Gasteiger partial charge on any atom is -0.496 e. The van der Waals surface area contributed by atoms with Gasteiger partial charge in [0.1, 0.15) is 5.75 Å². The molecule has 1 amide bonds. The standard InChI is InChI=1S/C19H20BrNO5/c1-23-15-6-5-11(7-13(15)20)14-10-18(22)21(14)12-8-16(24-2)19(26-4)17(9-12)25-3/h5-9,14H,10H2,1-4H3/t14-/m1/s1. The van der Waals surface area contributed by atoms with Gasteiger partial charge in [-0.15, -0.1) is 0 Å². The number of halogens is 1. The average molecular weight is 422 g/mol. The summed E-state index contributed by atoms with van der Waals surface area (Å²) < 4.78 is 22.3. The highest BCUT2D eigenvalue weighted by molar-refractivity contribution is 9.10. The molecule has 0 spiro atoms. The number of hydrogen-bond donors (Lipinski definition) is 0. The molecule has 0 N–H and O–H groups in total. The molecule has 0 radical (unpaired) electrons. The number of benzene rings is 2. The summed E-state index contributed by atoms with van der Waals surface area (Å²) in [6, 6.07) is 9.32. The maximum atomic E-state index is 12.4. The minimum atomic E-state index is -0.0625. The molecule has 1 heterocycles. The van der Waals surface area contributed by atoms with E-state index < -0.39 is 0 Å². The largest absolute Gasteiger partial charge is 0.496 e. The van der Waals surface area contributed by atoms with Crippen LogP contribution in [0.2, 0.25) is 0 Å². The number of nitrogens with zero attached hydrogens (tertiary/aromatic N) is 1. The molecule has 1 atom stereocenters. The highest BCUT2D eigenvalue weighted by atomic mass is 79.9. The van der Waals surface area contributed by atoms with Crippen molar-refractivity contribution in [2.24, 2.45) is 0 Å². The molecule has 0 aromatic heterocycles. The summed E-state index contributed by atoms with van der Waals surface area (Å²) in [5, 5.41) is 0. The maximum absolute atomic E-state index is 12.4. The maximum Gasteiger partial charge on any atom is 0.230 e. The smallest absolute Gasteiger partial charge is 0.230 e.